The number of phenolic OH excluding ortho intramolecular Hbond substituents is 1. The Balaban J connectivity index is 1.90. The van der Waals surface area contributed by atoms with Gasteiger partial charge in [0.05, 0.1) is 21.4 Å². The van der Waals surface area contributed by atoms with Crippen LogP contribution in [0.15, 0.2) is 56.3 Å². The molecule has 0 spiro atoms. The van der Waals surface area contributed by atoms with Crippen LogP contribution < -0.4 is 4.72 Å². The SMILES string of the molecule is O=C(O)CSc1cc(NSC2=CC(Cl)=C(Cl)CCC2)c2ccccc2c1O. The first-order valence-corrected chi connectivity index (χ1v) is 10.8. The summed E-state index contributed by atoms with van der Waals surface area (Å²) in [4.78, 5) is 12.5. The summed E-state index contributed by atoms with van der Waals surface area (Å²) >= 11 is 14.9. The number of hydrogen-bond acceptors (Lipinski definition) is 5. The van der Waals surface area contributed by atoms with Crippen LogP contribution >= 0.6 is 46.9 Å². The van der Waals surface area contributed by atoms with E-state index in [1.807, 2.05) is 30.3 Å². The topological polar surface area (TPSA) is 69.6 Å². The molecular weight excluding hydrogens is 425 g/mol. The van der Waals surface area contributed by atoms with Gasteiger partial charge in [0, 0.05) is 20.7 Å². The summed E-state index contributed by atoms with van der Waals surface area (Å²) in [5.74, 6) is -0.958. The van der Waals surface area contributed by atoms with Crippen molar-refractivity contribution in [3.8, 4) is 5.75 Å². The molecule has 0 bridgehead atoms. The smallest absolute Gasteiger partial charge is 0.313 e. The zero-order chi connectivity index (χ0) is 19.4. The fraction of sp³-hybridized carbons (Fsp3) is 0.211. The summed E-state index contributed by atoms with van der Waals surface area (Å²) < 4.78 is 3.33. The van der Waals surface area contributed by atoms with Gasteiger partial charge in [0.15, 0.2) is 0 Å². The highest BCUT2D eigenvalue weighted by molar-refractivity contribution is 8.04. The molecule has 1 aliphatic rings. The van der Waals surface area contributed by atoms with Gasteiger partial charge in [0.1, 0.15) is 5.75 Å². The molecule has 8 heteroatoms. The molecule has 1 aliphatic carbocycles. The Bertz CT molecular complexity index is 944. The molecule has 0 amide bonds. The van der Waals surface area contributed by atoms with Crippen molar-refractivity contribution in [3.63, 3.8) is 0 Å². The highest BCUT2D eigenvalue weighted by Gasteiger charge is 2.14. The molecule has 0 unspecified atom stereocenters. The number of carbonyl (C=O) groups is 1. The van der Waals surface area contributed by atoms with E-state index in [1.54, 1.807) is 6.07 Å². The fourth-order valence-electron chi connectivity index (χ4n) is 2.70. The van der Waals surface area contributed by atoms with E-state index in [-0.39, 0.29) is 11.5 Å². The number of thioether (sulfide) groups is 1. The van der Waals surface area contributed by atoms with Crippen LogP contribution in [-0.4, -0.2) is 21.9 Å². The largest absolute Gasteiger partial charge is 0.506 e. The third kappa shape index (κ3) is 5.08. The van der Waals surface area contributed by atoms with Gasteiger partial charge in [-0.3, -0.25) is 4.79 Å². The Morgan fingerprint density at radius 3 is 2.67 bits per heavy atom. The van der Waals surface area contributed by atoms with E-state index in [2.05, 4.69) is 4.72 Å². The van der Waals surface area contributed by atoms with Crippen molar-refractivity contribution in [2.24, 2.45) is 0 Å². The fourth-order valence-corrected chi connectivity index (χ4v) is 4.74. The third-order valence-corrected chi connectivity index (χ3v) is 6.74. The molecule has 2 aromatic rings. The lowest BCUT2D eigenvalue weighted by Gasteiger charge is -2.14. The van der Waals surface area contributed by atoms with Crippen molar-refractivity contribution in [2.45, 2.75) is 24.2 Å². The second-order valence-electron chi connectivity index (χ2n) is 5.92. The molecule has 0 atom stereocenters. The molecule has 2 aromatic carbocycles. The van der Waals surface area contributed by atoms with Gasteiger partial charge in [-0.05, 0) is 43.4 Å². The molecule has 3 rings (SSSR count). The number of benzene rings is 2. The van der Waals surface area contributed by atoms with E-state index in [4.69, 9.17) is 28.3 Å². The number of halogens is 2. The van der Waals surface area contributed by atoms with Crippen LogP contribution in [0.1, 0.15) is 19.3 Å². The van der Waals surface area contributed by atoms with Crippen LogP contribution in [0.2, 0.25) is 0 Å². The van der Waals surface area contributed by atoms with Gasteiger partial charge in [0.25, 0.3) is 0 Å². The second-order valence-corrected chi connectivity index (χ2v) is 8.73. The normalized spacial score (nSPS) is 14.8. The van der Waals surface area contributed by atoms with Crippen molar-refractivity contribution in [2.75, 3.05) is 10.5 Å². The first kappa shape index (κ1) is 20.3. The summed E-state index contributed by atoms with van der Waals surface area (Å²) in [6.45, 7) is 0. The van der Waals surface area contributed by atoms with Crippen LogP contribution in [0.3, 0.4) is 0 Å². The maximum atomic E-state index is 10.9. The van der Waals surface area contributed by atoms with Crippen LogP contribution in [-0.2, 0) is 4.79 Å². The molecule has 0 radical (unpaired) electrons. The number of phenols is 1. The minimum Gasteiger partial charge on any atom is -0.506 e. The van der Waals surface area contributed by atoms with Gasteiger partial charge >= 0.3 is 5.97 Å². The number of hydrogen-bond donors (Lipinski definition) is 3. The summed E-state index contributed by atoms with van der Waals surface area (Å²) in [7, 11) is 0. The first-order chi connectivity index (χ1) is 13.0. The molecule has 142 valence electrons. The molecule has 0 aromatic heterocycles. The Hall–Kier alpha value is -1.47. The Kier molecular flexibility index (Phi) is 6.87. The summed E-state index contributed by atoms with van der Waals surface area (Å²) in [6.07, 6.45) is 4.42. The number of aromatic hydroxyl groups is 1. The summed E-state index contributed by atoms with van der Waals surface area (Å²) in [5.41, 5.74) is 0.803. The van der Waals surface area contributed by atoms with E-state index in [9.17, 15) is 9.90 Å². The Labute approximate surface area is 175 Å². The maximum Gasteiger partial charge on any atom is 0.313 e. The van der Waals surface area contributed by atoms with E-state index in [0.29, 0.717) is 20.3 Å². The van der Waals surface area contributed by atoms with Gasteiger partial charge in [-0.15, -0.1) is 11.8 Å². The number of aliphatic carboxylic acids is 1. The van der Waals surface area contributed by atoms with Crippen molar-refractivity contribution in [1.82, 2.24) is 0 Å². The summed E-state index contributed by atoms with van der Waals surface area (Å²) in [6, 6.07) is 9.24. The maximum absolute atomic E-state index is 10.9. The van der Waals surface area contributed by atoms with E-state index in [0.717, 1.165) is 47.0 Å². The lowest BCUT2D eigenvalue weighted by molar-refractivity contribution is -0.133. The Morgan fingerprint density at radius 1 is 1.19 bits per heavy atom. The van der Waals surface area contributed by atoms with Crippen LogP contribution in [0.4, 0.5) is 5.69 Å². The lowest BCUT2D eigenvalue weighted by Crippen LogP contribution is -1.98. The standard InChI is InChI=1S/C19H17Cl2NO3S2/c20-14-7-3-4-11(8-15(14)21)27-22-16-9-17(26-10-18(23)24)19(25)13-6-2-1-5-12(13)16/h1-2,5-6,8-9,22,25H,3-4,7,10H2,(H,23,24). The minimum atomic E-state index is -0.932. The average molecular weight is 442 g/mol. The highest BCUT2D eigenvalue weighted by atomic mass is 35.5. The highest BCUT2D eigenvalue weighted by Crippen LogP contribution is 2.41. The molecule has 0 saturated heterocycles. The molecule has 4 nitrogen and oxygen atoms in total. The van der Waals surface area contributed by atoms with Crippen LogP contribution in [0.5, 0.6) is 5.75 Å². The molecule has 0 heterocycles. The number of allylic oxidation sites excluding steroid dienone is 4. The predicted octanol–water partition coefficient (Wildman–Crippen LogP) is 6.54. The van der Waals surface area contributed by atoms with Gasteiger partial charge < -0.3 is 14.9 Å². The Morgan fingerprint density at radius 2 is 1.93 bits per heavy atom. The molecule has 0 saturated carbocycles. The van der Waals surface area contributed by atoms with Gasteiger partial charge in [-0.2, -0.15) is 0 Å². The molecule has 0 aliphatic heterocycles. The van der Waals surface area contributed by atoms with Crippen molar-refractivity contribution >= 4 is 69.3 Å². The minimum absolute atomic E-state index is 0.0961. The van der Waals surface area contributed by atoms with E-state index in [1.165, 1.54) is 11.9 Å². The zero-order valence-electron chi connectivity index (χ0n) is 14.2. The molecule has 27 heavy (non-hydrogen) atoms. The molecule has 0 fully saturated rings. The van der Waals surface area contributed by atoms with Crippen molar-refractivity contribution in [3.05, 3.63) is 51.4 Å². The second kappa shape index (κ2) is 9.15. The number of anilines is 1. The van der Waals surface area contributed by atoms with Crippen LogP contribution in [0, 0.1) is 0 Å². The average Bonchev–Trinajstić information content (AvgIpc) is 2.81. The quantitative estimate of drug-likeness (QED) is 0.268. The van der Waals surface area contributed by atoms with Crippen molar-refractivity contribution < 1.29 is 15.0 Å². The number of nitrogens with one attached hydrogen (secondary N) is 1. The monoisotopic (exact) mass is 441 g/mol. The number of carboxylic acid groups (broad SMARTS) is 1. The predicted molar refractivity (Wildman–Crippen MR) is 116 cm³/mol. The van der Waals surface area contributed by atoms with Gasteiger partial charge in [0.2, 0.25) is 0 Å². The van der Waals surface area contributed by atoms with E-state index >= 15 is 0 Å². The number of carboxylic acids is 1. The number of fused-ring (bicyclic) bond motifs is 1. The molecular formula is C19H17Cl2NO3S2. The van der Waals surface area contributed by atoms with Gasteiger partial charge in [-0.25, -0.2) is 0 Å². The lowest BCUT2D eigenvalue weighted by atomic mass is 10.1. The first-order valence-electron chi connectivity index (χ1n) is 8.22. The summed E-state index contributed by atoms with van der Waals surface area (Å²) in [5, 5.41) is 22.2. The number of rotatable bonds is 6. The van der Waals surface area contributed by atoms with Crippen molar-refractivity contribution in [1.29, 1.82) is 0 Å². The van der Waals surface area contributed by atoms with Gasteiger partial charge in [-0.1, -0.05) is 47.5 Å². The third-order valence-electron chi connectivity index (χ3n) is 3.99. The van der Waals surface area contributed by atoms with E-state index < -0.39 is 5.97 Å². The molecule has 3 N–H and O–H groups in total. The van der Waals surface area contributed by atoms with Crippen LogP contribution in [0.25, 0.3) is 10.8 Å². The zero-order valence-corrected chi connectivity index (χ0v) is 17.3.